The highest BCUT2D eigenvalue weighted by atomic mass is 19.1. The molecule has 0 fully saturated rings. The second-order valence-electron chi connectivity index (χ2n) is 1.80. The van der Waals surface area contributed by atoms with Gasteiger partial charge in [0, 0.05) is 0 Å². The Labute approximate surface area is 56.0 Å². The number of nitrogens with two attached hydrogens (primary N) is 1. The monoisotopic (exact) mass is 150 g/mol. The molecule has 0 aliphatic heterocycles. The molecule has 0 radical (unpaired) electrons. The Balaban J connectivity index is 4.13. The van der Waals surface area contributed by atoms with Gasteiger partial charge in [0.1, 0.15) is 0 Å². The Bertz CT molecular complexity index is 168. The van der Waals surface area contributed by atoms with Crippen LogP contribution in [0.5, 0.6) is 0 Å². The van der Waals surface area contributed by atoms with Crippen molar-refractivity contribution >= 4 is 12.0 Å². The summed E-state index contributed by atoms with van der Waals surface area (Å²) in [4.78, 5) is 19.8. The molecule has 10 heavy (non-hydrogen) atoms. The standard InChI is InChI=1S/C4H7FN2O3/c1-4(5,2(8)9)7-3(6)10/h1H3,(H,8,9)(H3,6,7,10)/t4-/m0/s1. The van der Waals surface area contributed by atoms with Crippen molar-refractivity contribution in [1.82, 2.24) is 5.32 Å². The number of hydrogen-bond donors (Lipinski definition) is 3. The van der Waals surface area contributed by atoms with Crippen LogP contribution < -0.4 is 11.1 Å². The van der Waals surface area contributed by atoms with E-state index in [0.29, 0.717) is 6.92 Å². The average Bonchev–Trinajstić information content (AvgIpc) is 1.60. The molecule has 0 aliphatic carbocycles. The second-order valence-corrected chi connectivity index (χ2v) is 1.80. The Hall–Kier alpha value is -1.33. The van der Waals surface area contributed by atoms with Crippen molar-refractivity contribution in [3.63, 3.8) is 0 Å². The normalized spacial score (nSPS) is 15.4. The molecule has 0 rings (SSSR count). The van der Waals surface area contributed by atoms with E-state index in [1.165, 1.54) is 5.32 Å². The molecule has 0 spiro atoms. The lowest BCUT2D eigenvalue weighted by Crippen LogP contribution is -2.50. The van der Waals surface area contributed by atoms with Gasteiger partial charge in [0.25, 0.3) is 5.79 Å². The van der Waals surface area contributed by atoms with E-state index in [0.717, 1.165) is 0 Å². The molecule has 0 saturated heterocycles. The van der Waals surface area contributed by atoms with Crippen LogP contribution >= 0.6 is 0 Å². The third-order valence-corrected chi connectivity index (χ3v) is 0.760. The van der Waals surface area contributed by atoms with Gasteiger partial charge in [-0.1, -0.05) is 0 Å². The summed E-state index contributed by atoms with van der Waals surface area (Å²) in [7, 11) is 0. The van der Waals surface area contributed by atoms with Crippen LogP contribution in [0, 0.1) is 0 Å². The predicted molar refractivity (Wildman–Crippen MR) is 29.9 cm³/mol. The van der Waals surface area contributed by atoms with Crippen LogP contribution in [0.1, 0.15) is 6.92 Å². The molecular weight excluding hydrogens is 143 g/mol. The zero-order chi connectivity index (χ0) is 8.36. The summed E-state index contributed by atoms with van der Waals surface area (Å²) in [6, 6.07) is -1.22. The van der Waals surface area contributed by atoms with Gasteiger partial charge in [-0.3, -0.25) is 5.32 Å². The fourth-order valence-corrected chi connectivity index (χ4v) is 0.285. The van der Waals surface area contributed by atoms with E-state index in [-0.39, 0.29) is 0 Å². The maximum absolute atomic E-state index is 12.5. The minimum Gasteiger partial charge on any atom is -0.477 e. The van der Waals surface area contributed by atoms with Gasteiger partial charge in [-0.2, -0.15) is 0 Å². The van der Waals surface area contributed by atoms with Crippen LogP contribution in [0.2, 0.25) is 0 Å². The smallest absolute Gasteiger partial charge is 0.362 e. The number of nitrogens with one attached hydrogen (secondary N) is 1. The molecule has 2 amide bonds. The van der Waals surface area contributed by atoms with Crippen molar-refractivity contribution in [3.8, 4) is 0 Å². The van der Waals surface area contributed by atoms with Gasteiger partial charge in [0.05, 0.1) is 0 Å². The van der Waals surface area contributed by atoms with Crippen molar-refractivity contribution in [2.45, 2.75) is 12.7 Å². The zero-order valence-electron chi connectivity index (χ0n) is 5.22. The minimum atomic E-state index is -2.79. The van der Waals surface area contributed by atoms with E-state index in [4.69, 9.17) is 5.11 Å². The highest BCUT2D eigenvalue weighted by molar-refractivity contribution is 5.83. The SMILES string of the molecule is C[C@](F)(NC(N)=O)C(=O)O. The molecular formula is C4H7FN2O3. The Morgan fingerprint density at radius 1 is 1.70 bits per heavy atom. The topological polar surface area (TPSA) is 92.4 Å². The van der Waals surface area contributed by atoms with E-state index in [1.807, 2.05) is 0 Å². The molecule has 0 saturated carbocycles. The summed E-state index contributed by atoms with van der Waals surface area (Å²) < 4.78 is 12.5. The Morgan fingerprint density at radius 3 is 2.20 bits per heavy atom. The number of hydrogen-bond acceptors (Lipinski definition) is 2. The van der Waals surface area contributed by atoms with Crippen molar-refractivity contribution in [1.29, 1.82) is 0 Å². The van der Waals surface area contributed by atoms with Gasteiger partial charge in [-0.05, 0) is 6.92 Å². The number of amides is 2. The first-order chi connectivity index (χ1) is 4.36. The maximum Gasteiger partial charge on any atom is 0.362 e. The number of urea groups is 1. The molecule has 1 atom stereocenters. The molecule has 0 bridgehead atoms. The molecule has 0 aliphatic rings. The van der Waals surface area contributed by atoms with Crippen molar-refractivity contribution in [2.75, 3.05) is 0 Å². The molecule has 58 valence electrons. The third kappa shape index (κ3) is 2.29. The largest absolute Gasteiger partial charge is 0.477 e. The summed E-state index contributed by atoms with van der Waals surface area (Å²) >= 11 is 0. The van der Waals surface area contributed by atoms with E-state index < -0.39 is 17.8 Å². The van der Waals surface area contributed by atoms with E-state index >= 15 is 0 Å². The number of carbonyl (C=O) groups excluding carboxylic acids is 1. The van der Waals surface area contributed by atoms with Gasteiger partial charge in [0.15, 0.2) is 0 Å². The lowest BCUT2D eigenvalue weighted by Gasteiger charge is -2.14. The molecule has 0 unspecified atom stereocenters. The van der Waals surface area contributed by atoms with Gasteiger partial charge >= 0.3 is 12.0 Å². The Kier molecular flexibility index (Phi) is 2.17. The second kappa shape index (κ2) is 2.51. The summed E-state index contributed by atoms with van der Waals surface area (Å²) in [5.41, 5.74) is 4.46. The molecule has 0 aromatic rings. The number of carboxylic acids is 1. The summed E-state index contributed by atoms with van der Waals surface area (Å²) in [5.74, 6) is -4.57. The quantitative estimate of drug-likeness (QED) is 0.460. The fourth-order valence-electron chi connectivity index (χ4n) is 0.285. The Morgan fingerprint density at radius 2 is 2.10 bits per heavy atom. The first kappa shape index (κ1) is 8.67. The molecule has 0 aromatic carbocycles. The van der Waals surface area contributed by atoms with E-state index in [2.05, 4.69) is 5.73 Å². The summed E-state index contributed by atoms with van der Waals surface area (Å²) in [6.45, 7) is 0.681. The minimum absolute atomic E-state index is 0.681. The molecule has 0 aromatic heterocycles. The zero-order valence-corrected chi connectivity index (χ0v) is 5.22. The molecule has 5 nitrogen and oxygen atoms in total. The lowest BCUT2D eigenvalue weighted by atomic mass is 10.3. The van der Waals surface area contributed by atoms with Crippen LogP contribution in [-0.2, 0) is 4.79 Å². The number of primary amides is 1. The van der Waals surface area contributed by atoms with Gasteiger partial charge < -0.3 is 10.8 Å². The van der Waals surface area contributed by atoms with Gasteiger partial charge in [-0.15, -0.1) is 0 Å². The first-order valence-corrected chi connectivity index (χ1v) is 2.36. The number of alkyl halides is 1. The first-order valence-electron chi connectivity index (χ1n) is 2.36. The number of rotatable bonds is 2. The predicted octanol–water partition coefficient (Wildman–Crippen LogP) is -0.575. The van der Waals surface area contributed by atoms with Crippen LogP contribution in [0.3, 0.4) is 0 Å². The van der Waals surface area contributed by atoms with Crippen molar-refractivity contribution < 1.29 is 19.1 Å². The van der Waals surface area contributed by atoms with E-state index in [1.54, 1.807) is 0 Å². The van der Waals surface area contributed by atoms with Gasteiger partial charge in [0.2, 0.25) is 0 Å². The lowest BCUT2D eigenvalue weighted by molar-refractivity contribution is -0.151. The molecule has 0 heterocycles. The summed E-state index contributed by atoms with van der Waals surface area (Å²) in [6.07, 6.45) is 0. The summed E-state index contributed by atoms with van der Waals surface area (Å²) in [5, 5.41) is 9.44. The van der Waals surface area contributed by atoms with Crippen LogP contribution in [0.4, 0.5) is 9.18 Å². The van der Waals surface area contributed by atoms with Gasteiger partial charge in [-0.25, -0.2) is 14.0 Å². The highest BCUT2D eigenvalue weighted by Crippen LogP contribution is 2.03. The van der Waals surface area contributed by atoms with Crippen LogP contribution in [0.25, 0.3) is 0 Å². The average molecular weight is 150 g/mol. The molecule has 6 heteroatoms. The maximum atomic E-state index is 12.5. The number of carbonyl (C=O) groups is 2. The van der Waals surface area contributed by atoms with Crippen molar-refractivity contribution in [2.24, 2.45) is 5.73 Å². The van der Waals surface area contributed by atoms with Crippen molar-refractivity contribution in [3.05, 3.63) is 0 Å². The highest BCUT2D eigenvalue weighted by Gasteiger charge is 2.33. The number of carboxylic acid groups (broad SMARTS) is 1. The fraction of sp³-hybridized carbons (Fsp3) is 0.500. The van der Waals surface area contributed by atoms with E-state index in [9.17, 15) is 14.0 Å². The third-order valence-electron chi connectivity index (χ3n) is 0.760. The van der Waals surface area contributed by atoms with Crippen LogP contribution in [-0.4, -0.2) is 22.9 Å². The van der Waals surface area contributed by atoms with Crippen LogP contribution in [0.15, 0.2) is 0 Å². The number of halogens is 1. The number of aliphatic carboxylic acids is 1. The molecule has 4 N–H and O–H groups in total.